The zero-order valence-electron chi connectivity index (χ0n) is 12.7. The first-order valence-corrected chi connectivity index (χ1v) is 8.32. The topological polar surface area (TPSA) is 122 Å². The van der Waals surface area contributed by atoms with E-state index in [1.807, 2.05) is 41.8 Å². The molecule has 1 atom stereocenters. The molecule has 0 saturated heterocycles. The highest BCUT2D eigenvalue weighted by molar-refractivity contribution is 7.45. The number of aromatic nitrogens is 2. The van der Waals surface area contributed by atoms with Crippen molar-refractivity contribution in [2.45, 2.75) is 19.9 Å². The van der Waals surface area contributed by atoms with Crippen LogP contribution >= 0.6 is 7.82 Å². The van der Waals surface area contributed by atoms with Crippen molar-refractivity contribution in [3.05, 3.63) is 54.1 Å². The number of carbonyl (C=O) groups excluding carboxylic acids is 1. The molecule has 8 nitrogen and oxygen atoms in total. The van der Waals surface area contributed by atoms with Gasteiger partial charge in [0.1, 0.15) is 5.69 Å². The fourth-order valence-corrected chi connectivity index (χ4v) is 1.87. The molecule has 126 valence electrons. The molecule has 0 saturated carbocycles. The molecule has 0 spiro atoms. The summed E-state index contributed by atoms with van der Waals surface area (Å²) in [7, 11) is -4.64. The van der Waals surface area contributed by atoms with E-state index in [0.29, 0.717) is 12.3 Å². The van der Waals surface area contributed by atoms with Crippen molar-refractivity contribution in [3.8, 4) is 0 Å². The Morgan fingerprint density at radius 1 is 1.30 bits per heavy atom. The molecule has 1 heterocycles. The lowest BCUT2D eigenvalue weighted by atomic mass is 10.1. The molecule has 0 fully saturated rings. The van der Waals surface area contributed by atoms with Gasteiger partial charge in [-0.3, -0.25) is 0 Å². The second kappa shape index (κ2) is 8.59. The van der Waals surface area contributed by atoms with Crippen LogP contribution in [0.2, 0.25) is 0 Å². The van der Waals surface area contributed by atoms with E-state index in [-0.39, 0.29) is 12.0 Å². The third kappa shape index (κ3) is 6.75. The Labute approximate surface area is 133 Å². The number of hydrogen-bond acceptors (Lipinski definition) is 4. The van der Waals surface area contributed by atoms with E-state index in [4.69, 9.17) is 24.0 Å². The first kappa shape index (κ1) is 19.1. The summed E-state index contributed by atoms with van der Waals surface area (Å²) >= 11 is 0. The second-order valence-electron chi connectivity index (χ2n) is 4.51. The Kier molecular flexibility index (Phi) is 7.12. The van der Waals surface area contributed by atoms with Crippen molar-refractivity contribution in [2.24, 2.45) is 0 Å². The maximum absolute atomic E-state index is 11.8. The zero-order valence-corrected chi connectivity index (χ0v) is 13.6. The first-order chi connectivity index (χ1) is 10.7. The smallest absolute Gasteiger partial charge is 0.461 e. The summed E-state index contributed by atoms with van der Waals surface area (Å²) in [5.74, 6) is -0.335. The van der Waals surface area contributed by atoms with Crippen molar-refractivity contribution in [3.63, 3.8) is 0 Å². The van der Waals surface area contributed by atoms with Gasteiger partial charge in [-0.2, -0.15) is 0 Å². The van der Waals surface area contributed by atoms with Gasteiger partial charge in [-0.05, 0) is 19.4 Å². The normalized spacial score (nSPS) is 12.0. The highest BCUT2D eigenvalue weighted by Crippen LogP contribution is 2.25. The molecular formula is C14H19N2O6P. The van der Waals surface area contributed by atoms with Gasteiger partial charge in [0.15, 0.2) is 0 Å². The summed E-state index contributed by atoms with van der Waals surface area (Å²) < 4.78 is 15.7. The highest BCUT2D eigenvalue weighted by atomic mass is 31.2. The third-order valence-corrected chi connectivity index (χ3v) is 2.85. The lowest BCUT2D eigenvalue weighted by Gasteiger charge is -2.16. The Morgan fingerprint density at radius 2 is 1.87 bits per heavy atom. The molecule has 0 aliphatic rings. The summed E-state index contributed by atoms with van der Waals surface area (Å²) in [6.45, 7) is 4.18. The molecule has 0 aliphatic carbocycles. The van der Waals surface area contributed by atoms with Crippen LogP contribution in [0.5, 0.6) is 0 Å². The van der Waals surface area contributed by atoms with E-state index < -0.39 is 7.82 Å². The zero-order chi connectivity index (χ0) is 17.5. The van der Waals surface area contributed by atoms with E-state index in [1.54, 1.807) is 13.3 Å². The minimum Gasteiger partial charge on any atom is -0.461 e. The van der Waals surface area contributed by atoms with E-state index >= 15 is 0 Å². The number of esters is 1. The van der Waals surface area contributed by atoms with Crippen molar-refractivity contribution < 1.29 is 28.8 Å². The van der Waals surface area contributed by atoms with Crippen LogP contribution in [-0.2, 0) is 9.30 Å². The number of ether oxygens (including phenoxy) is 1. The summed E-state index contributed by atoms with van der Waals surface area (Å²) in [5.41, 5.74) is 1.61. The molecule has 0 aliphatic heterocycles. The molecule has 1 aromatic heterocycles. The molecule has 23 heavy (non-hydrogen) atoms. The molecule has 0 bridgehead atoms. The fraction of sp³-hybridized carbons (Fsp3) is 0.286. The van der Waals surface area contributed by atoms with E-state index in [1.165, 1.54) is 6.20 Å². The standard InChI is InChI=1S/C14H16N2O2.H3O4P/c1-3-18-14(17)13-9-15-10-16(13)11(2)12-7-5-4-6-8-12;1-5(2,3)4/h4-11H,3H2,1-2H3;(H3,1,2,3,4). The number of rotatable bonds is 4. The van der Waals surface area contributed by atoms with Crippen LogP contribution in [0.15, 0.2) is 42.9 Å². The van der Waals surface area contributed by atoms with Gasteiger partial charge in [-0.25, -0.2) is 14.3 Å². The summed E-state index contributed by atoms with van der Waals surface area (Å²) in [6, 6.07) is 10.0. The van der Waals surface area contributed by atoms with E-state index in [0.717, 1.165) is 5.56 Å². The average molecular weight is 342 g/mol. The van der Waals surface area contributed by atoms with Crippen LogP contribution in [0.4, 0.5) is 0 Å². The maximum atomic E-state index is 11.8. The minimum atomic E-state index is -4.64. The molecule has 2 aromatic rings. The lowest BCUT2D eigenvalue weighted by Crippen LogP contribution is -2.15. The molecule has 0 radical (unpaired) electrons. The van der Waals surface area contributed by atoms with Crippen LogP contribution in [0, 0.1) is 0 Å². The number of carbonyl (C=O) groups is 1. The highest BCUT2D eigenvalue weighted by Gasteiger charge is 2.17. The molecule has 9 heteroatoms. The Morgan fingerprint density at radius 3 is 2.39 bits per heavy atom. The van der Waals surface area contributed by atoms with Gasteiger partial charge in [0.05, 0.1) is 25.2 Å². The largest absolute Gasteiger partial charge is 0.466 e. The Bertz CT molecular complexity index is 659. The van der Waals surface area contributed by atoms with Gasteiger partial charge in [0.25, 0.3) is 0 Å². The van der Waals surface area contributed by atoms with Gasteiger partial charge < -0.3 is 24.0 Å². The molecule has 1 aromatic carbocycles. The molecule has 2 rings (SSSR count). The van der Waals surface area contributed by atoms with Crippen LogP contribution in [0.3, 0.4) is 0 Å². The number of benzene rings is 1. The Hall–Kier alpha value is -1.99. The monoisotopic (exact) mass is 342 g/mol. The maximum Gasteiger partial charge on any atom is 0.466 e. The molecule has 3 N–H and O–H groups in total. The number of phosphoric acid groups is 1. The lowest BCUT2D eigenvalue weighted by molar-refractivity contribution is 0.0512. The summed E-state index contributed by atoms with van der Waals surface area (Å²) in [6.07, 6.45) is 3.20. The van der Waals surface area contributed by atoms with Gasteiger partial charge in [-0.1, -0.05) is 30.3 Å². The van der Waals surface area contributed by atoms with Crippen LogP contribution in [-0.4, -0.2) is 36.8 Å². The average Bonchev–Trinajstić information content (AvgIpc) is 2.95. The molecule has 0 amide bonds. The van der Waals surface area contributed by atoms with Crippen molar-refractivity contribution >= 4 is 13.8 Å². The van der Waals surface area contributed by atoms with Crippen molar-refractivity contribution in [1.82, 2.24) is 9.55 Å². The van der Waals surface area contributed by atoms with Crippen molar-refractivity contribution in [2.75, 3.05) is 6.61 Å². The number of nitrogens with zero attached hydrogens (tertiary/aromatic N) is 2. The van der Waals surface area contributed by atoms with Gasteiger partial charge in [0, 0.05) is 0 Å². The molecule has 1 unspecified atom stereocenters. The predicted molar refractivity (Wildman–Crippen MR) is 82.7 cm³/mol. The van der Waals surface area contributed by atoms with Gasteiger partial charge in [-0.15, -0.1) is 0 Å². The second-order valence-corrected chi connectivity index (χ2v) is 5.53. The van der Waals surface area contributed by atoms with Crippen LogP contribution in [0.1, 0.15) is 35.9 Å². The van der Waals surface area contributed by atoms with E-state index in [9.17, 15) is 4.79 Å². The minimum absolute atomic E-state index is 0.0492. The first-order valence-electron chi connectivity index (χ1n) is 6.76. The summed E-state index contributed by atoms with van der Waals surface area (Å²) in [4.78, 5) is 37.4. The van der Waals surface area contributed by atoms with Gasteiger partial charge in [0.2, 0.25) is 0 Å². The SMILES string of the molecule is CCOC(=O)c1cncn1C(C)c1ccccc1.O=P(O)(O)O. The number of hydrogen-bond donors (Lipinski definition) is 3. The van der Waals surface area contributed by atoms with Gasteiger partial charge >= 0.3 is 13.8 Å². The molecular weight excluding hydrogens is 323 g/mol. The summed E-state index contributed by atoms with van der Waals surface area (Å²) in [5, 5.41) is 0. The Balaban J connectivity index is 0.000000463. The predicted octanol–water partition coefficient (Wildman–Crippen LogP) is 1.74. The van der Waals surface area contributed by atoms with Crippen LogP contribution < -0.4 is 0 Å². The van der Waals surface area contributed by atoms with E-state index in [2.05, 4.69) is 4.98 Å². The number of imidazole rings is 1. The van der Waals surface area contributed by atoms with Crippen molar-refractivity contribution in [1.29, 1.82) is 0 Å². The third-order valence-electron chi connectivity index (χ3n) is 2.85. The van der Waals surface area contributed by atoms with Crippen LogP contribution in [0.25, 0.3) is 0 Å². The fourth-order valence-electron chi connectivity index (χ4n) is 1.87. The quantitative estimate of drug-likeness (QED) is 0.571.